The number of benzene rings is 5. The first-order valence-corrected chi connectivity index (χ1v) is 18.4. The van der Waals surface area contributed by atoms with E-state index in [9.17, 15) is 0 Å². The van der Waals surface area contributed by atoms with E-state index < -0.39 is 0 Å². The Hall–Kier alpha value is -4.64. The number of hydrogen-bond donors (Lipinski definition) is 0. The summed E-state index contributed by atoms with van der Waals surface area (Å²) in [6.07, 6.45) is 7.79. The molecule has 1 saturated heterocycles. The lowest BCUT2D eigenvalue weighted by Crippen LogP contribution is -2.41. The third kappa shape index (κ3) is 4.80. The molecule has 0 unspecified atom stereocenters. The van der Waals surface area contributed by atoms with E-state index in [2.05, 4.69) is 182 Å². The quantitative estimate of drug-likeness (QED) is 0.178. The Morgan fingerprint density at radius 3 is 1.61 bits per heavy atom. The molecule has 4 aliphatic rings. The molecule has 5 aromatic carbocycles. The molecule has 0 bridgehead atoms. The molecular weight excluding hydrogens is 621 g/mol. The van der Waals surface area contributed by atoms with Gasteiger partial charge in [-0.3, -0.25) is 0 Å². The van der Waals surface area contributed by atoms with E-state index in [1.807, 2.05) is 0 Å². The molecule has 1 fully saturated rings. The van der Waals surface area contributed by atoms with Crippen molar-refractivity contribution in [3.05, 3.63) is 154 Å². The van der Waals surface area contributed by atoms with Crippen molar-refractivity contribution in [2.24, 2.45) is 0 Å². The van der Waals surface area contributed by atoms with Crippen molar-refractivity contribution in [2.45, 2.75) is 83.8 Å². The van der Waals surface area contributed by atoms with Crippen molar-refractivity contribution >= 4 is 30.0 Å². The zero-order chi connectivity index (χ0) is 35.5. The summed E-state index contributed by atoms with van der Waals surface area (Å²) in [6, 6.07) is 38.6. The van der Waals surface area contributed by atoms with E-state index in [-0.39, 0.29) is 29.2 Å². The minimum atomic E-state index is -0.384. The topological polar surface area (TPSA) is 21.7 Å². The molecule has 0 aromatic heterocycles. The largest absolute Gasteiger partial charge is 0.494 e. The fourth-order valence-corrected chi connectivity index (χ4v) is 8.83. The van der Waals surface area contributed by atoms with Gasteiger partial charge in [-0.25, -0.2) is 0 Å². The van der Waals surface area contributed by atoms with Crippen molar-refractivity contribution in [1.82, 2.24) is 0 Å². The van der Waals surface area contributed by atoms with E-state index in [4.69, 9.17) is 9.31 Å². The molecule has 51 heavy (non-hydrogen) atoms. The lowest BCUT2D eigenvalue weighted by molar-refractivity contribution is 0.00578. The van der Waals surface area contributed by atoms with Crippen molar-refractivity contribution in [1.29, 1.82) is 0 Å². The highest BCUT2D eigenvalue weighted by atomic mass is 16.7. The Kier molecular flexibility index (Phi) is 6.92. The Labute approximate surface area is 303 Å². The summed E-state index contributed by atoms with van der Waals surface area (Å²) in [5, 5.41) is 0. The minimum absolute atomic E-state index is 0.0979. The molecule has 0 amide bonds. The highest BCUT2D eigenvalue weighted by Gasteiger charge is 2.51. The van der Waals surface area contributed by atoms with Crippen LogP contribution in [0.2, 0.25) is 0 Å². The highest BCUT2D eigenvalue weighted by Crippen LogP contribution is 2.52. The molecule has 0 N–H and O–H groups in total. The van der Waals surface area contributed by atoms with Crippen LogP contribution in [-0.4, -0.2) is 18.3 Å². The van der Waals surface area contributed by atoms with Gasteiger partial charge in [-0.1, -0.05) is 113 Å². The van der Waals surface area contributed by atoms with Gasteiger partial charge in [0.2, 0.25) is 0 Å². The van der Waals surface area contributed by atoms with Crippen LogP contribution in [0.4, 0.5) is 11.4 Å². The molecule has 3 nitrogen and oxygen atoms in total. The first kappa shape index (κ1) is 32.3. The van der Waals surface area contributed by atoms with Gasteiger partial charge in [0.05, 0.1) is 11.2 Å². The second-order valence-electron chi connectivity index (χ2n) is 16.9. The van der Waals surface area contributed by atoms with E-state index in [1.54, 1.807) is 0 Å². The van der Waals surface area contributed by atoms with Crippen molar-refractivity contribution < 1.29 is 9.31 Å². The summed E-state index contributed by atoms with van der Waals surface area (Å²) in [7, 11) is -0.384. The van der Waals surface area contributed by atoms with Crippen LogP contribution in [0.15, 0.2) is 121 Å². The summed E-state index contributed by atoms with van der Waals surface area (Å²) in [5.41, 5.74) is 16.9. The number of anilines is 2. The van der Waals surface area contributed by atoms with Gasteiger partial charge in [0.25, 0.3) is 0 Å². The number of nitrogens with zero attached hydrogens (tertiary/aromatic N) is 1. The standard InChI is InChI=1S/C47H46BNO2/c1-44(2)40-18-11-9-16-36(40)38-24-22-34(28-42(38)44)49(35-23-25-39-37-17-10-12-19-41(37)45(3,4)43(39)29-35)33-15-13-14-30-26-32(21-20-31(30)27-33)48-50-46(5,6)47(7,8)51-48/h9-13,15-29H,14H2,1-8H3. The first-order chi connectivity index (χ1) is 24.3. The number of fused-ring (bicyclic) bond motifs is 7. The van der Waals surface area contributed by atoms with Gasteiger partial charge in [0.1, 0.15) is 0 Å². The van der Waals surface area contributed by atoms with Crippen molar-refractivity contribution in [3.63, 3.8) is 0 Å². The normalized spacial score (nSPS) is 19.4. The molecule has 1 heterocycles. The van der Waals surface area contributed by atoms with Gasteiger partial charge >= 0.3 is 7.12 Å². The van der Waals surface area contributed by atoms with Crippen LogP contribution >= 0.6 is 0 Å². The summed E-state index contributed by atoms with van der Waals surface area (Å²) < 4.78 is 12.9. The summed E-state index contributed by atoms with van der Waals surface area (Å²) >= 11 is 0. The number of rotatable bonds is 4. The van der Waals surface area contributed by atoms with Gasteiger partial charge in [0, 0.05) is 27.9 Å². The molecule has 0 radical (unpaired) electrons. The van der Waals surface area contributed by atoms with E-state index >= 15 is 0 Å². The SMILES string of the molecule is CC1(C)c2ccccc2-c2ccc(N(C3=Cc4ccc(B5OC(C)(C)C(C)(C)O5)cc4CC=C3)c3ccc4c(c3)C(C)(C)c3ccccc3-4)cc21. The lowest BCUT2D eigenvalue weighted by atomic mass is 9.77. The zero-order valence-electron chi connectivity index (χ0n) is 31.1. The average molecular weight is 668 g/mol. The van der Waals surface area contributed by atoms with Crippen LogP contribution in [-0.2, 0) is 26.6 Å². The van der Waals surface area contributed by atoms with Crippen LogP contribution in [0, 0.1) is 0 Å². The summed E-state index contributed by atoms with van der Waals surface area (Å²) in [4.78, 5) is 2.46. The molecule has 9 rings (SSSR count). The summed E-state index contributed by atoms with van der Waals surface area (Å²) in [5.74, 6) is 0. The predicted octanol–water partition coefficient (Wildman–Crippen LogP) is 10.9. The molecule has 0 saturated carbocycles. The van der Waals surface area contributed by atoms with E-state index in [1.165, 1.54) is 55.6 Å². The maximum absolute atomic E-state index is 6.44. The van der Waals surface area contributed by atoms with Gasteiger partial charge in [0.15, 0.2) is 0 Å². The highest BCUT2D eigenvalue weighted by molar-refractivity contribution is 6.62. The molecule has 5 aromatic rings. The number of allylic oxidation sites excluding steroid dienone is 2. The molecule has 1 aliphatic heterocycles. The zero-order valence-corrected chi connectivity index (χ0v) is 31.1. The van der Waals surface area contributed by atoms with Gasteiger partial charge in [-0.15, -0.1) is 0 Å². The van der Waals surface area contributed by atoms with Crippen LogP contribution in [0.1, 0.15) is 88.8 Å². The fraction of sp³-hybridized carbons (Fsp3) is 0.277. The van der Waals surface area contributed by atoms with Crippen LogP contribution < -0.4 is 10.4 Å². The van der Waals surface area contributed by atoms with Crippen LogP contribution in [0.25, 0.3) is 28.3 Å². The van der Waals surface area contributed by atoms with Crippen molar-refractivity contribution in [3.8, 4) is 22.3 Å². The molecular formula is C47H46BNO2. The van der Waals surface area contributed by atoms with Gasteiger partial charge in [-0.05, 0) is 132 Å². The molecule has 0 atom stereocenters. The summed E-state index contributed by atoms with van der Waals surface area (Å²) in [6.45, 7) is 17.9. The third-order valence-electron chi connectivity index (χ3n) is 12.5. The maximum Gasteiger partial charge on any atom is 0.494 e. The Bertz CT molecular complexity index is 2200. The Morgan fingerprint density at radius 2 is 1.06 bits per heavy atom. The van der Waals surface area contributed by atoms with E-state index in [0.29, 0.717) is 0 Å². The third-order valence-corrected chi connectivity index (χ3v) is 12.5. The predicted molar refractivity (Wildman–Crippen MR) is 213 cm³/mol. The fourth-order valence-electron chi connectivity index (χ4n) is 8.83. The molecule has 3 aliphatic carbocycles. The number of hydrogen-bond acceptors (Lipinski definition) is 3. The maximum atomic E-state index is 6.44. The smallest absolute Gasteiger partial charge is 0.399 e. The molecule has 254 valence electrons. The van der Waals surface area contributed by atoms with Crippen LogP contribution in [0.3, 0.4) is 0 Å². The van der Waals surface area contributed by atoms with Gasteiger partial charge < -0.3 is 14.2 Å². The minimum Gasteiger partial charge on any atom is -0.399 e. The van der Waals surface area contributed by atoms with Crippen molar-refractivity contribution in [2.75, 3.05) is 4.90 Å². The second-order valence-corrected chi connectivity index (χ2v) is 16.9. The monoisotopic (exact) mass is 667 g/mol. The second kappa shape index (κ2) is 10.9. The molecule has 0 spiro atoms. The lowest BCUT2D eigenvalue weighted by Gasteiger charge is -2.32. The van der Waals surface area contributed by atoms with E-state index in [0.717, 1.165) is 29.0 Å². The van der Waals surface area contributed by atoms with Crippen LogP contribution in [0.5, 0.6) is 0 Å². The Balaban J connectivity index is 1.18. The molecule has 4 heteroatoms. The Morgan fingerprint density at radius 1 is 0.549 bits per heavy atom. The first-order valence-electron chi connectivity index (χ1n) is 18.4. The average Bonchev–Trinajstić information content (AvgIpc) is 3.47. The van der Waals surface area contributed by atoms with Gasteiger partial charge in [-0.2, -0.15) is 0 Å².